The number of rotatable bonds is 2. The highest BCUT2D eigenvalue weighted by atomic mass is 35.5. The fourth-order valence-corrected chi connectivity index (χ4v) is 3.28. The zero-order chi connectivity index (χ0) is 14.4. The number of hydrogen-bond donors (Lipinski definition) is 0. The monoisotopic (exact) mass is 318 g/mol. The first-order valence-electron chi connectivity index (χ1n) is 6.72. The molecule has 0 saturated carbocycles. The Morgan fingerprint density at radius 2 is 2.10 bits per heavy atom. The van der Waals surface area contributed by atoms with Crippen molar-refractivity contribution in [1.82, 2.24) is 9.55 Å². The quantitative estimate of drug-likeness (QED) is 0.654. The predicted octanol–water partition coefficient (Wildman–Crippen LogP) is 4.41. The molecule has 1 aliphatic rings. The highest BCUT2D eigenvalue weighted by molar-refractivity contribution is 6.31. The molecule has 0 amide bonds. The van der Waals surface area contributed by atoms with E-state index in [-0.39, 0.29) is 6.04 Å². The molecule has 1 atom stereocenters. The van der Waals surface area contributed by atoms with Gasteiger partial charge in [0.1, 0.15) is 18.2 Å². The minimum Gasteiger partial charge on any atom is -0.491 e. The van der Waals surface area contributed by atoms with Gasteiger partial charge in [-0.3, -0.25) is 0 Å². The molecule has 106 valence electrons. The standard InChI is InChI=1S/C16H12Cl2N2O/c17-8-16-19-12-7-10(18)5-6-13(12)20(16)14-9-21-15-4-2-1-3-11(14)15/h1-7,14H,8-9H2. The first-order chi connectivity index (χ1) is 10.3. The van der Waals surface area contributed by atoms with Crippen molar-refractivity contribution in [1.29, 1.82) is 0 Å². The summed E-state index contributed by atoms with van der Waals surface area (Å²) in [6, 6.07) is 13.9. The maximum atomic E-state index is 6.09. The van der Waals surface area contributed by atoms with Crippen molar-refractivity contribution in [2.45, 2.75) is 11.9 Å². The van der Waals surface area contributed by atoms with Gasteiger partial charge < -0.3 is 9.30 Å². The fourth-order valence-electron chi connectivity index (χ4n) is 2.92. The maximum Gasteiger partial charge on any atom is 0.125 e. The molecule has 3 nitrogen and oxygen atoms in total. The van der Waals surface area contributed by atoms with E-state index in [4.69, 9.17) is 27.9 Å². The van der Waals surface area contributed by atoms with Crippen molar-refractivity contribution in [3.63, 3.8) is 0 Å². The summed E-state index contributed by atoms with van der Waals surface area (Å²) >= 11 is 12.1. The molecule has 4 rings (SSSR count). The third kappa shape index (κ3) is 2.00. The third-order valence-corrected chi connectivity index (χ3v) is 4.30. The number of hydrogen-bond acceptors (Lipinski definition) is 2. The van der Waals surface area contributed by atoms with Crippen LogP contribution < -0.4 is 4.74 Å². The van der Waals surface area contributed by atoms with Gasteiger partial charge in [-0.1, -0.05) is 29.8 Å². The molecule has 0 N–H and O–H groups in total. The molecule has 3 aromatic rings. The smallest absolute Gasteiger partial charge is 0.125 e. The normalized spacial score (nSPS) is 17.0. The second-order valence-corrected chi connectivity index (χ2v) is 5.73. The van der Waals surface area contributed by atoms with Crippen LogP contribution in [0.4, 0.5) is 0 Å². The van der Waals surface area contributed by atoms with E-state index in [1.165, 1.54) is 0 Å². The van der Waals surface area contributed by atoms with E-state index in [1.807, 2.05) is 36.4 Å². The Balaban J connectivity index is 1.94. The summed E-state index contributed by atoms with van der Waals surface area (Å²) in [4.78, 5) is 4.60. The summed E-state index contributed by atoms with van der Waals surface area (Å²) in [6.07, 6.45) is 0. The highest BCUT2D eigenvalue weighted by Gasteiger charge is 2.28. The molecular weight excluding hydrogens is 307 g/mol. The zero-order valence-corrected chi connectivity index (χ0v) is 12.6. The Bertz CT molecular complexity index is 828. The molecule has 0 radical (unpaired) electrons. The van der Waals surface area contributed by atoms with Gasteiger partial charge in [-0.05, 0) is 24.3 Å². The lowest BCUT2D eigenvalue weighted by Crippen LogP contribution is -2.14. The number of aromatic nitrogens is 2. The van der Waals surface area contributed by atoms with E-state index >= 15 is 0 Å². The summed E-state index contributed by atoms with van der Waals surface area (Å²) in [5.41, 5.74) is 3.06. The molecule has 0 aliphatic carbocycles. The summed E-state index contributed by atoms with van der Waals surface area (Å²) < 4.78 is 7.95. The van der Waals surface area contributed by atoms with Crippen LogP contribution in [0.25, 0.3) is 11.0 Å². The van der Waals surface area contributed by atoms with E-state index in [1.54, 1.807) is 0 Å². The van der Waals surface area contributed by atoms with Gasteiger partial charge in [0.05, 0.1) is 23.0 Å². The average Bonchev–Trinajstić information content (AvgIpc) is 3.07. The molecule has 1 aliphatic heterocycles. The Kier molecular flexibility index (Phi) is 3.05. The second kappa shape index (κ2) is 4.93. The summed E-state index contributed by atoms with van der Waals surface area (Å²) in [5, 5.41) is 0.677. The van der Waals surface area contributed by atoms with Crippen molar-refractivity contribution in [3.8, 4) is 5.75 Å². The Labute approximate surface area is 132 Å². The predicted molar refractivity (Wildman–Crippen MR) is 84.4 cm³/mol. The highest BCUT2D eigenvalue weighted by Crippen LogP contribution is 2.37. The van der Waals surface area contributed by atoms with Gasteiger partial charge in [-0.2, -0.15) is 0 Å². The Morgan fingerprint density at radius 3 is 2.95 bits per heavy atom. The summed E-state index contributed by atoms with van der Waals surface area (Å²) in [6.45, 7) is 0.595. The number of para-hydroxylation sites is 1. The first kappa shape index (κ1) is 13.0. The average molecular weight is 319 g/mol. The van der Waals surface area contributed by atoms with Gasteiger partial charge in [0.15, 0.2) is 0 Å². The maximum absolute atomic E-state index is 6.09. The van der Waals surface area contributed by atoms with Crippen molar-refractivity contribution in [2.24, 2.45) is 0 Å². The lowest BCUT2D eigenvalue weighted by atomic mass is 10.1. The molecule has 0 fully saturated rings. The SMILES string of the molecule is ClCc1nc2cc(Cl)ccc2n1C1COc2ccccc21. The number of imidazole rings is 1. The lowest BCUT2D eigenvalue weighted by molar-refractivity contribution is 0.317. The van der Waals surface area contributed by atoms with E-state index in [9.17, 15) is 0 Å². The third-order valence-electron chi connectivity index (χ3n) is 3.83. The summed E-state index contributed by atoms with van der Waals surface area (Å²) in [7, 11) is 0. The van der Waals surface area contributed by atoms with E-state index in [0.717, 1.165) is 28.2 Å². The Hall–Kier alpha value is -1.71. The van der Waals surface area contributed by atoms with Crippen LogP contribution >= 0.6 is 23.2 Å². The largest absolute Gasteiger partial charge is 0.491 e. The molecule has 2 heterocycles. The van der Waals surface area contributed by atoms with E-state index in [2.05, 4.69) is 15.6 Å². The molecule has 0 saturated heterocycles. The van der Waals surface area contributed by atoms with Gasteiger partial charge >= 0.3 is 0 Å². The number of fused-ring (bicyclic) bond motifs is 2. The fraction of sp³-hybridized carbons (Fsp3) is 0.188. The van der Waals surface area contributed by atoms with Crippen LogP contribution in [0.2, 0.25) is 5.02 Å². The van der Waals surface area contributed by atoms with Crippen molar-refractivity contribution in [2.75, 3.05) is 6.61 Å². The van der Waals surface area contributed by atoms with Crippen LogP contribution in [0, 0.1) is 0 Å². The first-order valence-corrected chi connectivity index (χ1v) is 7.63. The lowest BCUT2D eigenvalue weighted by Gasteiger charge is -2.15. The number of halogens is 2. The number of ether oxygens (including phenoxy) is 1. The topological polar surface area (TPSA) is 27.1 Å². The molecule has 2 aromatic carbocycles. The molecule has 21 heavy (non-hydrogen) atoms. The summed E-state index contributed by atoms with van der Waals surface area (Å²) in [5.74, 6) is 2.11. The van der Waals surface area contributed by atoms with Crippen molar-refractivity contribution in [3.05, 3.63) is 58.9 Å². The van der Waals surface area contributed by atoms with E-state index < -0.39 is 0 Å². The van der Waals surface area contributed by atoms with Gasteiger partial charge in [-0.25, -0.2) is 4.98 Å². The zero-order valence-electron chi connectivity index (χ0n) is 11.1. The van der Waals surface area contributed by atoms with Crippen LogP contribution in [0.15, 0.2) is 42.5 Å². The van der Waals surface area contributed by atoms with Crippen LogP contribution in [-0.2, 0) is 5.88 Å². The second-order valence-electron chi connectivity index (χ2n) is 5.03. The number of alkyl halides is 1. The van der Waals surface area contributed by atoms with Gasteiger partial charge in [0, 0.05) is 10.6 Å². The van der Waals surface area contributed by atoms with Crippen LogP contribution in [0.1, 0.15) is 17.4 Å². The molecule has 0 spiro atoms. The van der Waals surface area contributed by atoms with Crippen molar-refractivity contribution < 1.29 is 4.74 Å². The van der Waals surface area contributed by atoms with Crippen molar-refractivity contribution >= 4 is 34.2 Å². The minimum atomic E-state index is 0.0983. The van der Waals surface area contributed by atoms with Gasteiger partial charge in [0.2, 0.25) is 0 Å². The van der Waals surface area contributed by atoms with Crippen LogP contribution in [0.5, 0.6) is 5.75 Å². The van der Waals surface area contributed by atoms with Gasteiger partial charge in [-0.15, -0.1) is 11.6 Å². The Morgan fingerprint density at radius 1 is 1.24 bits per heavy atom. The minimum absolute atomic E-state index is 0.0983. The molecule has 0 bridgehead atoms. The molecule has 1 aromatic heterocycles. The van der Waals surface area contributed by atoms with E-state index in [0.29, 0.717) is 17.5 Å². The molecule has 1 unspecified atom stereocenters. The number of nitrogens with zero attached hydrogens (tertiary/aromatic N) is 2. The van der Waals surface area contributed by atoms with Crippen LogP contribution in [0.3, 0.4) is 0 Å². The molecule has 5 heteroatoms. The van der Waals surface area contributed by atoms with Gasteiger partial charge in [0.25, 0.3) is 0 Å². The molecular formula is C16H12Cl2N2O. The number of benzene rings is 2. The van der Waals surface area contributed by atoms with Crippen LogP contribution in [-0.4, -0.2) is 16.2 Å².